The maximum absolute atomic E-state index is 14.1. The highest BCUT2D eigenvalue weighted by atomic mass is 32.2. The van der Waals surface area contributed by atoms with Crippen LogP contribution in [0.5, 0.6) is 0 Å². The number of hydrogen-bond donors (Lipinski definition) is 1. The van der Waals surface area contributed by atoms with Gasteiger partial charge in [0, 0.05) is 47.2 Å². The van der Waals surface area contributed by atoms with Gasteiger partial charge in [-0.05, 0) is 24.3 Å². The molecule has 174 valence electrons. The van der Waals surface area contributed by atoms with Gasteiger partial charge < -0.3 is 4.57 Å². The number of alkyl halides is 2. The van der Waals surface area contributed by atoms with Crippen molar-refractivity contribution in [2.75, 3.05) is 0 Å². The highest BCUT2D eigenvalue weighted by Gasteiger charge is 2.40. The van der Waals surface area contributed by atoms with Gasteiger partial charge in [-0.2, -0.15) is 5.26 Å². The van der Waals surface area contributed by atoms with E-state index in [0.29, 0.717) is 41.5 Å². The Hall–Kier alpha value is -2.90. The minimum Gasteiger partial charge on any atom is -0.347 e. The Morgan fingerprint density at radius 1 is 1.24 bits per heavy atom. The van der Waals surface area contributed by atoms with Crippen LogP contribution < -0.4 is 4.72 Å². The third kappa shape index (κ3) is 4.89. The molecule has 0 aliphatic heterocycles. The van der Waals surface area contributed by atoms with Crippen molar-refractivity contribution >= 4 is 20.9 Å². The van der Waals surface area contributed by atoms with Crippen molar-refractivity contribution in [2.24, 2.45) is 5.41 Å². The van der Waals surface area contributed by atoms with Crippen molar-refractivity contribution in [1.29, 1.82) is 5.26 Å². The summed E-state index contributed by atoms with van der Waals surface area (Å²) >= 11 is 0. The van der Waals surface area contributed by atoms with Crippen molar-refractivity contribution in [1.82, 2.24) is 19.3 Å². The van der Waals surface area contributed by atoms with Crippen LogP contribution in [0, 0.1) is 16.7 Å². The largest absolute Gasteiger partial charge is 0.347 e. The molecule has 0 amide bonds. The molecule has 33 heavy (non-hydrogen) atoms. The molecule has 1 saturated carbocycles. The molecule has 1 aliphatic carbocycles. The molecular weight excluding hydrogens is 448 g/mol. The van der Waals surface area contributed by atoms with Gasteiger partial charge in [0.25, 0.3) is 6.43 Å². The number of nitrogens with one attached hydrogen (secondary N) is 1. The average Bonchev–Trinajstić information content (AvgIpc) is 3.56. The lowest BCUT2D eigenvalue weighted by atomic mass is 9.97. The highest BCUT2D eigenvalue weighted by Crippen LogP contribution is 2.36. The monoisotopic (exact) mass is 473 g/mol. The Bertz CT molecular complexity index is 1340. The standard InChI is InChI=1S/C23H25F2N5O2S/c1-23(2,3)13-30-12-17(21(22(24)25)29-33(31,32)15-5-6-15)16-7-4-14(10-19(16)30)20-18(11-26)27-8-9-28-20/h4,7-10,12,15,21-22,29H,5-6,13H2,1-3H3/t21-/m0/s1. The molecule has 3 aromatic rings. The summed E-state index contributed by atoms with van der Waals surface area (Å²) in [7, 11) is -3.83. The normalized spacial score (nSPS) is 15.7. The second-order valence-corrected chi connectivity index (χ2v) is 11.5. The van der Waals surface area contributed by atoms with E-state index in [0.717, 1.165) is 0 Å². The molecule has 0 unspecified atom stereocenters. The van der Waals surface area contributed by atoms with Crippen LogP contribution in [0.1, 0.15) is 50.9 Å². The van der Waals surface area contributed by atoms with Crippen LogP contribution in [-0.2, 0) is 16.6 Å². The van der Waals surface area contributed by atoms with Crippen molar-refractivity contribution in [3.63, 3.8) is 0 Å². The van der Waals surface area contributed by atoms with Crippen molar-refractivity contribution < 1.29 is 17.2 Å². The predicted octanol–water partition coefficient (Wildman–Crippen LogP) is 4.40. The first-order valence-electron chi connectivity index (χ1n) is 10.6. The summed E-state index contributed by atoms with van der Waals surface area (Å²) in [6.07, 6.45) is 2.57. The molecule has 2 heterocycles. The maximum atomic E-state index is 14.1. The van der Waals surface area contributed by atoms with Crippen LogP contribution in [0.4, 0.5) is 8.78 Å². The number of nitrogens with zero attached hydrogens (tertiary/aromatic N) is 4. The average molecular weight is 474 g/mol. The molecule has 0 radical (unpaired) electrons. The Morgan fingerprint density at radius 2 is 1.94 bits per heavy atom. The number of nitriles is 1. The Labute approximate surface area is 191 Å². The topological polar surface area (TPSA) is 101 Å². The summed E-state index contributed by atoms with van der Waals surface area (Å²) < 4.78 is 57.3. The van der Waals surface area contributed by atoms with E-state index in [-0.39, 0.29) is 16.7 Å². The smallest absolute Gasteiger partial charge is 0.258 e. The number of hydrogen-bond acceptors (Lipinski definition) is 5. The van der Waals surface area contributed by atoms with Crippen molar-refractivity contribution in [3.05, 3.63) is 48.0 Å². The van der Waals surface area contributed by atoms with Crippen molar-refractivity contribution in [3.8, 4) is 17.3 Å². The number of sulfonamides is 1. The van der Waals surface area contributed by atoms with Gasteiger partial charge in [-0.3, -0.25) is 4.98 Å². The van der Waals surface area contributed by atoms with Gasteiger partial charge in [0.1, 0.15) is 17.8 Å². The fraction of sp³-hybridized carbons (Fsp3) is 0.435. The van der Waals surface area contributed by atoms with Gasteiger partial charge in [-0.25, -0.2) is 26.9 Å². The molecule has 1 N–H and O–H groups in total. The van der Waals surface area contributed by atoms with Gasteiger partial charge >= 0.3 is 0 Å². The Kier molecular flexibility index (Phi) is 5.97. The second-order valence-electron chi connectivity index (χ2n) is 9.54. The molecule has 10 heteroatoms. The number of fused-ring (bicyclic) bond motifs is 1. The summed E-state index contributed by atoms with van der Waals surface area (Å²) in [6.45, 7) is 6.60. The van der Waals surface area contributed by atoms with E-state index in [4.69, 9.17) is 0 Å². The molecule has 7 nitrogen and oxygen atoms in total. The zero-order valence-corrected chi connectivity index (χ0v) is 19.4. The summed E-state index contributed by atoms with van der Waals surface area (Å²) in [5.74, 6) is 0. The van der Waals surface area contributed by atoms with E-state index in [2.05, 4.69) is 14.7 Å². The van der Waals surface area contributed by atoms with Crippen LogP contribution in [-0.4, -0.2) is 34.6 Å². The molecule has 0 saturated heterocycles. The summed E-state index contributed by atoms with van der Waals surface area (Å²) in [4.78, 5) is 8.32. The lowest BCUT2D eigenvalue weighted by Crippen LogP contribution is -2.35. The quantitative estimate of drug-likeness (QED) is 0.548. The molecule has 1 aromatic carbocycles. The van der Waals surface area contributed by atoms with Gasteiger partial charge in [0.15, 0.2) is 5.69 Å². The van der Waals surface area contributed by atoms with Crippen LogP contribution in [0.3, 0.4) is 0 Å². The first-order chi connectivity index (χ1) is 15.5. The zero-order valence-electron chi connectivity index (χ0n) is 18.6. The fourth-order valence-electron chi connectivity index (χ4n) is 3.89. The van der Waals surface area contributed by atoms with Gasteiger partial charge in [0.05, 0.1) is 5.25 Å². The van der Waals surface area contributed by atoms with E-state index in [9.17, 15) is 22.5 Å². The molecule has 4 rings (SSSR count). The van der Waals surface area contributed by atoms with Gasteiger partial charge in [0.2, 0.25) is 10.0 Å². The molecule has 0 bridgehead atoms. The van der Waals surface area contributed by atoms with E-state index in [1.54, 1.807) is 24.4 Å². The minimum atomic E-state index is -3.83. The molecule has 1 fully saturated rings. The highest BCUT2D eigenvalue weighted by molar-refractivity contribution is 7.90. The zero-order chi connectivity index (χ0) is 24.0. The lowest BCUT2D eigenvalue weighted by molar-refractivity contribution is 0.109. The lowest BCUT2D eigenvalue weighted by Gasteiger charge is -2.20. The third-order valence-electron chi connectivity index (χ3n) is 5.48. The van der Waals surface area contributed by atoms with Crippen molar-refractivity contribution in [2.45, 2.75) is 57.9 Å². The summed E-state index contributed by atoms with van der Waals surface area (Å²) in [6, 6.07) is 5.52. The molecule has 2 aromatic heterocycles. The van der Waals surface area contributed by atoms with E-state index < -0.39 is 27.7 Å². The maximum Gasteiger partial charge on any atom is 0.258 e. The number of benzene rings is 1. The Morgan fingerprint density at radius 3 is 2.55 bits per heavy atom. The fourth-order valence-corrected chi connectivity index (χ4v) is 5.42. The first-order valence-corrected chi connectivity index (χ1v) is 12.2. The minimum absolute atomic E-state index is 0.161. The third-order valence-corrected chi connectivity index (χ3v) is 7.41. The molecule has 0 spiro atoms. The van der Waals surface area contributed by atoms with E-state index in [1.807, 2.05) is 31.4 Å². The molecule has 1 atom stereocenters. The second kappa shape index (κ2) is 8.47. The Balaban J connectivity index is 1.87. The van der Waals surface area contributed by atoms with Crippen LogP contribution in [0.25, 0.3) is 22.2 Å². The molecule has 1 aliphatic rings. The first kappa shape index (κ1) is 23.3. The van der Waals surface area contributed by atoms with Crippen LogP contribution in [0.2, 0.25) is 0 Å². The number of halogens is 2. The van der Waals surface area contributed by atoms with Crippen LogP contribution in [0.15, 0.2) is 36.8 Å². The van der Waals surface area contributed by atoms with E-state index in [1.165, 1.54) is 12.4 Å². The predicted molar refractivity (Wildman–Crippen MR) is 121 cm³/mol. The van der Waals surface area contributed by atoms with E-state index >= 15 is 0 Å². The summed E-state index contributed by atoms with van der Waals surface area (Å²) in [5, 5.41) is 9.31. The van der Waals surface area contributed by atoms with Gasteiger partial charge in [-0.1, -0.05) is 32.9 Å². The SMILES string of the molecule is CC(C)(C)Cn1cc([C@H](NS(=O)(=O)C2CC2)C(F)F)c2ccc(-c3nccnc3C#N)cc21. The summed E-state index contributed by atoms with van der Waals surface area (Å²) in [5.41, 5.74) is 1.89. The van der Waals surface area contributed by atoms with Gasteiger partial charge in [-0.15, -0.1) is 0 Å². The molecular formula is C23H25F2N5O2S. The number of rotatable bonds is 7. The number of aromatic nitrogens is 3. The van der Waals surface area contributed by atoms with Crippen LogP contribution >= 0.6 is 0 Å².